The second-order valence-electron chi connectivity index (χ2n) is 5.81. The zero-order chi connectivity index (χ0) is 16.6. The maximum absolute atomic E-state index is 12.1. The van der Waals surface area contributed by atoms with Crippen molar-refractivity contribution < 1.29 is 14.3 Å². The third-order valence-corrected chi connectivity index (χ3v) is 2.65. The predicted octanol–water partition coefficient (Wildman–Crippen LogP) is 1.87. The normalized spacial score (nSPS) is 11.9. The Kier molecular flexibility index (Phi) is 6.46. The predicted molar refractivity (Wildman–Crippen MR) is 85.1 cm³/mol. The van der Waals surface area contributed by atoms with Gasteiger partial charge in [-0.3, -0.25) is 4.79 Å². The molecule has 118 valence electrons. The van der Waals surface area contributed by atoms with Crippen LogP contribution in [-0.4, -0.2) is 30.2 Å². The number of carbonyl (C=O) groups excluding carboxylic acids is 2. The molecule has 0 aliphatic heterocycles. The average Bonchev–Trinajstić information content (AvgIpc) is 2.43. The molecule has 5 nitrogen and oxygen atoms in total. The van der Waals surface area contributed by atoms with Gasteiger partial charge in [-0.25, -0.2) is 4.79 Å². The van der Waals surface area contributed by atoms with E-state index >= 15 is 0 Å². The summed E-state index contributed by atoms with van der Waals surface area (Å²) in [5.74, 6) is 1.99. The lowest BCUT2D eigenvalue weighted by atomic mass is 10.1. The molecule has 1 atom stereocenters. The van der Waals surface area contributed by atoms with Crippen molar-refractivity contribution >= 4 is 12.0 Å². The summed E-state index contributed by atoms with van der Waals surface area (Å²) >= 11 is 0. The molecule has 0 heterocycles. The lowest BCUT2D eigenvalue weighted by Crippen LogP contribution is -2.49. The molecule has 0 saturated carbocycles. The second-order valence-corrected chi connectivity index (χ2v) is 5.81. The van der Waals surface area contributed by atoms with Crippen LogP contribution in [0.5, 0.6) is 0 Å². The molecule has 0 aliphatic carbocycles. The first-order valence-corrected chi connectivity index (χ1v) is 7.06. The Bertz CT molecular complexity index is 541. The standard InChI is InChI=1S/C17H22N2O3/c1-5-11-18-15(20)14(12-13-9-7-6-8-10-13)19-16(21)22-17(2,3)4/h1,6-10,14H,11-12H2,2-4H3,(H,18,20)(H,19,21)/t14-/m0/s1. The minimum Gasteiger partial charge on any atom is -0.444 e. The van der Waals surface area contributed by atoms with Gasteiger partial charge in [0.25, 0.3) is 0 Å². The summed E-state index contributed by atoms with van der Waals surface area (Å²) in [6.45, 7) is 5.39. The third kappa shape index (κ3) is 6.80. The first-order chi connectivity index (χ1) is 10.3. The van der Waals surface area contributed by atoms with Crippen LogP contribution >= 0.6 is 0 Å². The Balaban J connectivity index is 2.76. The quantitative estimate of drug-likeness (QED) is 0.816. The highest BCUT2D eigenvalue weighted by atomic mass is 16.6. The van der Waals surface area contributed by atoms with Gasteiger partial charge in [-0.05, 0) is 26.3 Å². The van der Waals surface area contributed by atoms with E-state index in [0.29, 0.717) is 6.42 Å². The maximum atomic E-state index is 12.1. The van der Waals surface area contributed by atoms with E-state index in [1.807, 2.05) is 30.3 Å². The molecule has 5 heteroatoms. The molecular formula is C17H22N2O3. The van der Waals surface area contributed by atoms with E-state index in [2.05, 4.69) is 16.6 Å². The van der Waals surface area contributed by atoms with Crippen molar-refractivity contribution in [2.45, 2.75) is 38.8 Å². The number of hydrogen-bond acceptors (Lipinski definition) is 3. The van der Waals surface area contributed by atoms with Crippen molar-refractivity contribution in [2.75, 3.05) is 6.54 Å². The highest BCUT2D eigenvalue weighted by Gasteiger charge is 2.24. The highest BCUT2D eigenvalue weighted by Crippen LogP contribution is 2.08. The van der Waals surface area contributed by atoms with Gasteiger partial charge in [0.2, 0.25) is 5.91 Å². The number of hydrogen-bond donors (Lipinski definition) is 2. The highest BCUT2D eigenvalue weighted by molar-refractivity contribution is 5.86. The summed E-state index contributed by atoms with van der Waals surface area (Å²) in [6, 6.07) is 8.67. The summed E-state index contributed by atoms with van der Waals surface area (Å²) in [5.41, 5.74) is 0.302. The molecule has 2 N–H and O–H groups in total. The van der Waals surface area contributed by atoms with Crippen LogP contribution in [0.3, 0.4) is 0 Å². The Morgan fingerprint density at radius 1 is 1.27 bits per heavy atom. The Labute approximate surface area is 131 Å². The second kappa shape index (κ2) is 8.08. The number of benzene rings is 1. The van der Waals surface area contributed by atoms with Gasteiger partial charge in [-0.1, -0.05) is 36.3 Å². The van der Waals surface area contributed by atoms with Crippen molar-refractivity contribution in [1.29, 1.82) is 0 Å². The molecular weight excluding hydrogens is 280 g/mol. The van der Waals surface area contributed by atoms with Crippen molar-refractivity contribution in [3.63, 3.8) is 0 Å². The van der Waals surface area contributed by atoms with Gasteiger partial charge in [-0.15, -0.1) is 6.42 Å². The van der Waals surface area contributed by atoms with E-state index in [1.165, 1.54) is 0 Å². The van der Waals surface area contributed by atoms with Crippen molar-refractivity contribution in [1.82, 2.24) is 10.6 Å². The van der Waals surface area contributed by atoms with Gasteiger partial charge < -0.3 is 15.4 Å². The van der Waals surface area contributed by atoms with Crippen LogP contribution in [0, 0.1) is 12.3 Å². The Hall–Kier alpha value is -2.48. The molecule has 22 heavy (non-hydrogen) atoms. The summed E-state index contributed by atoms with van der Waals surface area (Å²) in [6.07, 6.45) is 4.86. The molecule has 2 amide bonds. The molecule has 0 aliphatic rings. The van der Waals surface area contributed by atoms with E-state index in [0.717, 1.165) is 5.56 Å². The van der Waals surface area contributed by atoms with Crippen LogP contribution in [0.1, 0.15) is 26.3 Å². The topological polar surface area (TPSA) is 67.4 Å². The summed E-state index contributed by atoms with van der Waals surface area (Å²) < 4.78 is 5.19. The number of alkyl carbamates (subject to hydrolysis) is 1. The molecule has 0 unspecified atom stereocenters. The maximum Gasteiger partial charge on any atom is 0.408 e. The first kappa shape index (κ1) is 17.6. The summed E-state index contributed by atoms with van der Waals surface area (Å²) in [7, 11) is 0. The fourth-order valence-corrected chi connectivity index (χ4v) is 1.77. The zero-order valence-electron chi connectivity index (χ0n) is 13.2. The number of nitrogens with one attached hydrogen (secondary N) is 2. The SMILES string of the molecule is C#CCNC(=O)[C@H](Cc1ccccc1)NC(=O)OC(C)(C)C. The van der Waals surface area contributed by atoms with Crippen LogP contribution in [-0.2, 0) is 16.0 Å². The number of ether oxygens (including phenoxy) is 1. The zero-order valence-corrected chi connectivity index (χ0v) is 13.2. The molecule has 1 aromatic rings. The average molecular weight is 302 g/mol. The van der Waals surface area contributed by atoms with Gasteiger partial charge in [0.05, 0.1) is 6.54 Å². The van der Waals surface area contributed by atoms with Gasteiger partial charge in [0.15, 0.2) is 0 Å². The van der Waals surface area contributed by atoms with E-state index in [1.54, 1.807) is 20.8 Å². The fourth-order valence-electron chi connectivity index (χ4n) is 1.77. The van der Waals surface area contributed by atoms with Crippen LogP contribution in [0.2, 0.25) is 0 Å². The minimum atomic E-state index is -0.745. The third-order valence-electron chi connectivity index (χ3n) is 2.65. The molecule has 0 spiro atoms. The molecule has 1 rings (SSSR count). The van der Waals surface area contributed by atoms with Crippen molar-refractivity contribution in [2.24, 2.45) is 0 Å². The van der Waals surface area contributed by atoms with Crippen molar-refractivity contribution in [3.05, 3.63) is 35.9 Å². The van der Waals surface area contributed by atoms with Crippen LogP contribution in [0.25, 0.3) is 0 Å². The fraction of sp³-hybridized carbons (Fsp3) is 0.412. The Morgan fingerprint density at radius 3 is 2.45 bits per heavy atom. The van der Waals surface area contributed by atoms with Crippen LogP contribution in [0.15, 0.2) is 30.3 Å². The molecule has 0 bridgehead atoms. The number of terminal acetylenes is 1. The van der Waals surface area contributed by atoms with E-state index in [9.17, 15) is 9.59 Å². The van der Waals surface area contributed by atoms with Crippen LogP contribution in [0.4, 0.5) is 4.79 Å². The number of rotatable bonds is 5. The smallest absolute Gasteiger partial charge is 0.408 e. The lowest BCUT2D eigenvalue weighted by molar-refractivity contribution is -0.122. The van der Waals surface area contributed by atoms with E-state index in [4.69, 9.17) is 11.2 Å². The number of amides is 2. The largest absolute Gasteiger partial charge is 0.444 e. The van der Waals surface area contributed by atoms with Crippen LogP contribution < -0.4 is 10.6 Å². The molecule has 0 fully saturated rings. The lowest BCUT2D eigenvalue weighted by Gasteiger charge is -2.23. The summed E-state index contributed by atoms with van der Waals surface area (Å²) in [5, 5.41) is 5.16. The minimum absolute atomic E-state index is 0.111. The van der Waals surface area contributed by atoms with Gasteiger partial charge in [-0.2, -0.15) is 0 Å². The van der Waals surface area contributed by atoms with E-state index in [-0.39, 0.29) is 12.5 Å². The number of carbonyl (C=O) groups is 2. The molecule has 0 saturated heterocycles. The van der Waals surface area contributed by atoms with E-state index < -0.39 is 17.7 Å². The molecule has 0 radical (unpaired) electrons. The van der Waals surface area contributed by atoms with Gasteiger partial charge in [0.1, 0.15) is 11.6 Å². The van der Waals surface area contributed by atoms with Crippen molar-refractivity contribution in [3.8, 4) is 12.3 Å². The Morgan fingerprint density at radius 2 is 1.91 bits per heavy atom. The molecule has 0 aromatic heterocycles. The first-order valence-electron chi connectivity index (χ1n) is 7.06. The monoisotopic (exact) mass is 302 g/mol. The molecule has 1 aromatic carbocycles. The van der Waals surface area contributed by atoms with Gasteiger partial charge >= 0.3 is 6.09 Å². The van der Waals surface area contributed by atoms with Gasteiger partial charge in [0, 0.05) is 6.42 Å². The summed E-state index contributed by atoms with van der Waals surface area (Å²) in [4.78, 5) is 24.0.